The lowest BCUT2D eigenvalue weighted by Crippen LogP contribution is -2.53. The summed E-state index contributed by atoms with van der Waals surface area (Å²) in [5.41, 5.74) is 0. The Morgan fingerprint density at radius 2 is 1.50 bits per heavy atom. The first-order valence-corrected chi connectivity index (χ1v) is 6.32. The van der Waals surface area contributed by atoms with Crippen LogP contribution in [-0.2, 0) is 4.79 Å². The Bertz CT molecular complexity index is 252. The highest BCUT2D eigenvalue weighted by atomic mass is 32.1. The predicted molar refractivity (Wildman–Crippen MR) is 70.5 cm³/mol. The average molecular weight is 242 g/mol. The third-order valence-corrected chi connectivity index (χ3v) is 3.97. The zero-order chi connectivity index (χ0) is 12.3. The molecule has 0 N–H and O–H groups in total. The standard InChI is InChI=1S/C12H22N2OS/c1-9(15)13(3)11-7-5-6-8-12(11)14(4)10(2)16/h11-12H,5-8H2,1-4H3/t11-,12+/m0/s1. The van der Waals surface area contributed by atoms with Crippen LogP contribution >= 0.6 is 12.2 Å². The molecule has 1 rings (SSSR count). The van der Waals surface area contributed by atoms with Gasteiger partial charge >= 0.3 is 0 Å². The Kier molecular flexibility index (Phi) is 4.71. The number of likely N-dealkylation sites (N-methyl/N-ethyl adjacent to an activating group) is 2. The Labute approximate surface area is 104 Å². The van der Waals surface area contributed by atoms with E-state index >= 15 is 0 Å². The number of amides is 1. The van der Waals surface area contributed by atoms with Gasteiger partial charge in [0.25, 0.3) is 0 Å². The van der Waals surface area contributed by atoms with Crippen molar-refractivity contribution in [2.75, 3.05) is 14.1 Å². The topological polar surface area (TPSA) is 23.6 Å². The van der Waals surface area contributed by atoms with Crippen LogP contribution in [0.15, 0.2) is 0 Å². The molecule has 0 bridgehead atoms. The van der Waals surface area contributed by atoms with Crippen LogP contribution in [0.4, 0.5) is 0 Å². The summed E-state index contributed by atoms with van der Waals surface area (Å²) in [5, 5.41) is 0. The maximum Gasteiger partial charge on any atom is 0.219 e. The fourth-order valence-electron chi connectivity index (χ4n) is 2.46. The Morgan fingerprint density at radius 1 is 1.06 bits per heavy atom. The molecule has 0 spiro atoms. The quantitative estimate of drug-likeness (QED) is 0.693. The highest BCUT2D eigenvalue weighted by Crippen LogP contribution is 2.26. The van der Waals surface area contributed by atoms with Crippen molar-refractivity contribution in [3.63, 3.8) is 0 Å². The summed E-state index contributed by atoms with van der Waals surface area (Å²) in [4.78, 5) is 16.4. The van der Waals surface area contributed by atoms with Crippen LogP contribution in [0.2, 0.25) is 0 Å². The number of thiocarbonyl (C=S) groups is 1. The van der Waals surface area contributed by atoms with E-state index in [0.717, 1.165) is 17.8 Å². The lowest BCUT2D eigenvalue weighted by molar-refractivity contribution is -0.131. The molecule has 0 heterocycles. The van der Waals surface area contributed by atoms with Crippen LogP contribution < -0.4 is 0 Å². The summed E-state index contributed by atoms with van der Waals surface area (Å²) in [6.45, 7) is 3.59. The Balaban J connectivity index is 2.78. The van der Waals surface area contributed by atoms with E-state index < -0.39 is 0 Å². The maximum atomic E-state index is 11.5. The van der Waals surface area contributed by atoms with E-state index in [1.807, 2.05) is 25.9 Å². The van der Waals surface area contributed by atoms with Crippen molar-refractivity contribution >= 4 is 23.1 Å². The second-order valence-electron chi connectivity index (χ2n) is 4.68. The minimum absolute atomic E-state index is 0.146. The van der Waals surface area contributed by atoms with Crippen molar-refractivity contribution in [3.8, 4) is 0 Å². The van der Waals surface area contributed by atoms with Gasteiger partial charge in [-0.3, -0.25) is 4.79 Å². The zero-order valence-electron chi connectivity index (χ0n) is 10.7. The van der Waals surface area contributed by atoms with Crippen LogP contribution in [-0.4, -0.2) is 46.9 Å². The van der Waals surface area contributed by atoms with E-state index in [2.05, 4.69) is 4.90 Å². The molecule has 1 aliphatic carbocycles. The summed E-state index contributed by atoms with van der Waals surface area (Å²) < 4.78 is 0. The van der Waals surface area contributed by atoms with Gasteiger partial charge in [0.05, 0.1) is 11.0 Å². The molecule has 92 valence electrons. The maximum absolute atomic E-state index is 11.5. The monoisotopic (exact) mass is 242 g/mol. The number of rotatable bonds is 2. The van der Waals surface area contributed by atoms with Crippen molar-refractivity contribution in [2.45, 2.75) is 51.6 Å². The van der Waals surface area contributed by atoms with Crippen molar-refractivity contribution in [1.82, 2.24) is 9.80 Å². The molecule has 0 unspecified atom stereocenters. The molecule has 0 aromatic rings. The van der Waals surface area contributed by atoms with Crippen molar-refractivity contribution in [1.29, 1.82) is 0 Å². The van der Waals surface area contributed by atoms with Crippen LogP contribution in [0.1, 0.15) is 39.5 Å². The van der Waals surface area contributed by atoms with Gasteiger partial charge in [0, 0.05) is 27.1 Å². The number of carbonyl (C=O) groups is 1. The van der Waals surface area contributed by atoms with Crippen LogP contribution in [0.25, 0.3) is 0 Å². The molecule has 1 aliphatic rings. The molecular formula is C12H22N2OS. The molecule has 0 aliphatic heterocycles. The van der Waals surface area contributed by atoms with Crippen molar-refractivity contribution in [3.05, 3.63) is 0 Å². The van der Waals surface area contributed by atoms with Gasteiger partial charge in [0.15, 0.2) is 0 Å². The van der Waals surface area contributed by atoms with E-state index in [1.54, 1.807) is 6.92 Å². The van der Waals surface area contributed by atoms with Gasteiger partial charge in [0.2, 0.25) is 5.91 Å². The average Bonchev–Trinajstić information content (AvgIpc) is 2.26. The number of carbonyl (C=O) groups excluding carboxylic acids is 1. The number of hydrogen-bond acceptors (Lipinski definition) is 2. The normalized spacial score (nSPS) is 25.0. The van der Waals surface area contributed by atoms with E-state index in [9.17, 15) is 4.79 Å². The largest absolute Gasteiger partial charge is 0.364 e. The minimum Gasteiger partial charge on any atom is -0.364 e. The molecule has 0 aromatic heterocycles. The van der Waals surface area contributed by atoms with Gasteiger partial charge < -0.3 is 9.80 Å². The molecule has 2 atom stereocenters. The lowest BCUT2D eigenvalue weighted by atomic mass is 9.88. The molecule has 3 nitrogen and oxygen atoms in total. The van der Waals surface area contributed by atoms with Gasteiger partial charge in [-0.15, -0.1) is 0 Å². The summed E-state index contributed by atoms with van der Waals surface area (Å²) in [7, 11) is 3.94. The molecule has 1 saturated carbocycles. The van der Waals surface area contributed by atoms with Crippen molar-refractivity contribution in [2.24, 2.45) is 0 Å². The summed E-state index contributed by atoms with van der Waals surface area (Å²) in [5.74, 6) is 0.146. The Hall–Kier alpha value is -0.640. The zero-order valence-corrected chi connectivity index (χ0v) is 11.5. The lowest BCUT2D eigenvalue weighted by Gasteiger charge is -2.42. The number of nitrogens with zero attached hydrogens (tertiary/aromatic N) is 2. The summed E-state index contributed by atoms with van der Waals surface area (Å²) in [6, 6.07) is 0.703. The molecule has 1 fully saturated rings. The molecular weight excluding hydrogens is 220 g/mol. The summed E-state index contributed by atoms with van der Waals surface area (Å²) >= 11 is 5.23. The van der Waals surface area contributed by atoms with Gasteiger partial charge in [-0.1, -0.05) is 25.1 Å². The van der Waals surface area contributed by atoms with E-state index in [0.29, 0.717) is 12.1 Å². The van der Waals surface area contributed by atoms with E-state index in [1.165, 1.54) is 12.8 Å². The molecule has 0 radical (unpaired) electrons. The van der Waals surface area contributed by atoms with Crippen molar-refractivity contribution < 1.29 is 4.79 Å². The fraction of sp³-hybridized carbons (Fsp3) is 0.833. The molecule has 0 saturated heterocycles. The minimum atomic E-state index is 0.146. The molecule has 16 heavy (non-hydrogen) atoms. The van der Waals surface area contributed by atoms with Crippen LogP contribution in [0.5, 0.6) is 0 Å². The molecule has 1 amide bonds. The first-order chi connectivity index (χ1) is 7.45. The fourth-order valence-corrected chi connectivity index (χ4v) is 2.60. The number of hydrogen-bond donors (Lipinski definition) is 0. The van der Waals surface area contributed by atoms with Crippen LogP contribution in [0.3, 0.4) is 0 Å². The van der Waals surface area contributed by atoms with E-state index in [4.69, 9.17) is 12.2 Å². The highest BCUT2D eigenvalue weighted by molar-refractivity contribution is 7.80. The smallest absolute Gasteiger partial charge is 0.219 e. The second kappa shape index (κ2) is 5.62. The van der Waals surface area contributed by atoms with Gasteiger partial charge in [-0.05, 0) is 19.8 Å². The Morgan fingerprint density at radius 3 is 1.88 bits per heavy atom. The van der Waals surface area contributed by atoms with Gasteiger partial charge in [-0.25, -0.2) is 0 Å². The first-order valence-electron chi connectivity index (χ1n) is 5.92. The van der Waals surface area contributed by atoms with Gasteiger partial charge in [-0.2, -0.15) is 0 Å². The van der Waals surface area contributed by atoms with E-state index in [-0.39, 0.29) is 5.91 Å². The predicted octanol–water partition coefficient (Wildman–Crippen LogP) is 2.06. The third kappa shape index (κ3) is 2.94. The molecule has 0 aromatic carbocycles. The summed E-state index contributed by atoms with van der Waals surface area (Å²) in [6.07, 6.45) is 4.67. The third-order valence-electron chi connectivity index (χ3n) is 3.68. The molecule has 4 heteroatoms. The highest BCUT2D eigenvalue weighted by Gasteiger charge is 2.32. The van der Waals surface area contributed by atoms with Crippen LogP contribution in [0, 0.1) is 0 Å². The second-order valence-corrected chi connectivity index (χ2v) is 5.27. The SMILES string of the molecule is CC(=O)N(C)[C@H]1CCCC[C@H]1N(C)C(C)=S. The first kappa shape index (κ1) is 13.4. The van der Waals surface area contributed by atoms with Gasteiger partial charge in [0.1, 0.15) is 0 Å².